The van der Waals surface area contributed by atoms with Crippen LogP contribution in [0.1, 0.15) is 38.3 Å². The highest BCUT2D eigenvalue weighted by Gasteiger charge is 2.15. The van der Waals surface area contributed by atoms with Crippen molar-refractivity contribution in [3.8, 4) is 6.07 Å². The quantitative estimate of drug-likeness (QED) is 0.845. The highest BCUT2D eigenvalue weighted by molar-refractivity contribution is 5.71. The van der Waals surface area contributed by atoms with Crippen LogP contribution in [0.5, 0.6) is 0 Å². The molecule has 0 saturated heterocycles. The molecule has 4 heteroatoms. The molecule has 1 aromatic rings. The van der Waals surface area contributed by atoms with E-state index in [0.717, 1.165) is 11.3 Å². The maximum absolute atomic E-state index is 11.5. The number of aryl methyl sites for hydroxylation is 1. The van der Waals surface area contributed by atoms with E-state index in [-0.39, 0.29) is 12.4 Å². The van der Waals surface area contributed by atoms with E-state index in [4.69, 9.17) is 10.00 Å². The molecule has 0 heterocycles. The zero-order valence-electron chi connectivity index (χ0n) is 11.9. The first-order chi connectivity index (χ1) is 8.83. The molecule has 19 heavy (non-hydrogen) atoms. The number of benzene rings is 1. The molecule has 1 N–H and O–H groups in total. The summed E-state index contributed by atoms with van der Waals surface area (Å²) in [6, 6.07) is 7.76. The number of carbonyl (C=O) groups is 1. The summed E-state index contributed by atoms with van der Waals surface area (Å²) in [5.74, 6) is -0.244. The number of nitrogens with one attached hydrogen (secondary N) is 1. The average Bonchev–Trinajstić information content (AvgIpc) is 2.26. The first kappa shape index (κ1) is 15.0. The van der Waals surface area contributed by atoms with Crippen LogP contribution in [0.2, 0.25) is 0 Å². The summed E-state index contributed by atoms with van der Waals surface area (Å²) in [6.07, 6.45) is 0.274. The fraction of sp³-hybridized carbons (Fsp3) is 0.467. The Kier molecular flexibility index (Phi) is 4.94. The monoisotopic (exact) mass is 260 g/mol. The Balaban J connectivity index is 2.53. The second-order valence-corrected chi connectivity index (χ2v) is 5.37. The Morgan fingerprint density at radius 2 is 2.11 bits per heavy atom. The van der Waals surface area contributed by atoms with Gasteiger partial charge in [-0.3, -0.25) is 4.79 Å². The molecule has 0 aliphatic rings. The standard InChI is InChI=1S/C15H20N2O2/c1-11-6-5-7-13(12(11)10-16)17-9-8-14(18)19-15(2,3)4/h5-7,17H,8-9H2,1-4H3. The molecule has 102 valence electrons. The molecule has 0 fully saturated rings. The number of hydrogen-bond acceptors (Lipinski definition) is 4. The number of hydrogen-bond donors (Lipinski definition) is 1. The second kappa shape index (κ2) is 6.24. The van der Waals surface area contributed by atoms with Gasteiger partial charge in [0.05, 0.1) is 17.7 Å². The van der Waals surface area contributed by atoms with Gasteiger partial charge in [0.1, 0.15) is 11.7 Å². The van der Waals surface area contributed by atoms with Crippen molar-refractivity contribution in [1.29, 1.82) is 5.26 Å². The van der Waals surface area contributed by atoms with Crippen LogP contribution in [0.25, 0.3) is 0 Å². The van der Waals surface area contributed by atoms with Gasteiger partial charge in [-0.1, -0.05) is 12.1 Å². The topological polar surface area (TPSA) is 62.1 Å². The molecule has 0 bridgehead atoms. The van der Waals surface area contributed by atoms with Gasteiger partial charge in [0.15, 0.2) is 0 Å². The third kappa shape index (κ3) is 5.01. The minimum absolute atomic E-state index is 0.244. The van der Waals surface area contributed by atoms with E-state index in [1.807, 2.05) is 45.9 Å². The molecule has 1 rings (SSSR count). The molecule has 0 atom stereocenters. The van der Waals surface area contributed by atoms with Crippen molar-refractivity contribution in [2.24, 2.45) is 0 Å². The lowest BCUT2D eigenvalue weighted by Gasteiger charge is -2.19. The summed E-state index contributed by atoms with van der Waals surface area (Å²) >= 11 is 0. The van der Waals surface area contributed by atoms with Crippen LogP contribution < -0.4 is 5.32 Å². The fourth-order valence-corrected chi connectivity index (χ4v) is 1.66. The third-order valence-electron chi connectivity index (χ3n) is 2.45. The van der Waals surface area contributed by atoms with E-state index in [1.54, 1.807) is 0 Å². The highest BCUT2D eigenvalue weighted by Crippen LogP contribution is 2.18. The molecule has 0 aliphatic heterocycles. The van der Waals surface area contributed by atoms with Crippen LogP contribution >= 0.6 is 0 Å². The van der Waals surface area contributed by atoms with Crippen LogP contribution in [0.4, 0.5) is 5.69 Å². The van der Waals surface area contributed by atoms with Gasteiger partial charge in [0, 0.05) is 6.54 Å². The van der Waals surface area contributed by atoms with Crippen LogP contribution in [-0.2, 0) is 9.53 Å². The predicted molar refractivity (Wildman–Crippen MR) is 74.8 cm³/mol. The van der Waals surface area contributed by atoms with Gasteiger partial charge in [-0.15, -0.1) is 0 Å². The third-order valence-corrected chi connectivity index (χ3v) is 2.45. The Hall–Kier alpha value is -2.02. The zero-order chi connectivity index (χ0) is 14.5. The molecule has 0 aliphatic carbocycles. The van der Waals surface area contributed by atoms with Crippen molar-refractivity contribution in [1.82, 2.24) is 0 Å². The lowest BCUT2D eigenvalue weighted by atomic mass is 10.1. The number of nitriles is 1. The Labute approximate surface area is 114 Å². The number of ether oxygens (including phenoxy) is 1. The summed E-state index contributed by atoms with van der Waals surface area (Å²) in [4.78, 5) is 11.5. The Morgan fingerprint density at radius 1 is 1.42 bits per heavy atom. The molecule has 0 unspecified atom stereocenters. The Morgan fingerprint density at radius 3 is 2.68 bits per heavy atom. The molecule has 0 saturated carbocycles. The van der Waals surface area contributed by atoms with E-state index in [0.29, 0.717) is 12.1 Å². The normalized spacial score (nSPS) is 10.7. The predicted octanol–water partition coefficient (Wildman–Crippen LogP) is 3.01. The number of esters is 1. The van der Waals surface area contributed by atoms with Gasteiger partial charge < -0.3 is 10.1 Å². The van der Waals surface area contributed by atoms with Crippen molar-refractivity contribution >= 4 is 11.7 Å². The van der Waals surface area contributed by atoms with Gasteiger partial charge >= 0.3 is 5.97 Å². The molecule has 1 aromatic carbocycles. The Bertz CT molecular complexity index is 496. The SMILES string of the molecule is Cc1cccc(NCCC(=O)OC(C)(C)C)c1C#N. The lowest BCUT2D eigenvalue weighted by molar-refractivity contribution is -0.154. The summed E-state index contributed by atoms with van der Waals surface area (Å²) in [5.41, 5.74) is 1.83. The van der Waals surface area contributed by atoms with Gasteiger partial charge in [-0.2, -0.15) is 5.26 Å². The largest absolute Gasteiger partial charge is 0.460 e. The van der Waals surface area contributed by atoms with Crippen LogP contribution in [0.15, 0.2) is 18.2 Å². The zero-order valence-corrected chi connectivity index (χ0v) is 11.9. The smallest absolute Gasteiger partial charge is 0.308 e. The van der Waals surface area contributed by atoms with Crippen molar-refractivity contribution in [2.75, 3.05) is 11.9 Å². The number of nitrogens with zero attached hydrogens (tertiary/aromatic N) is 1. The van der Waals surface area contributed by atoms with Crippen molar-refractivity contribution < 1.29 is 9.53 Å². The minimum Gasteiger partial charge on any atom is -0.460 e. The number of rotatable bonds is 4. The van der Waals surface area contributed by atoms with E-state index in [2.05, 4.69) is 11.4 Å². The number of anilines is 1. The van der Waals surface area contributed by atoms with E-state index in [1.165, 1.54) is 0 Å². The van der Waals surface area contributed by atoms with Gasteiger partial charge in [-0.25, -0.2) is 0 Å². The lowest BCUT2D eigenvalue weighted by Crippen LogP contribution is -2.25. The number of carbonyl (C=O) groups excluding carboxylic acids is 1. The van der Waals surface area contributed by atoms with E-state index < -0.39 is 5.60 Å². The molecule has 0 radical (unpaired) electrons. The second-order valence-electron chi connectivity index (χ2n) is 5.37. The highest BCUT2D eigenvalue weighted by atomic mass is 16.6. The minimum atomic E-state index is -0.460. The van der Waals surface area contributed by atoms with Crippen molar-refractivity contribution in [3.63, 3.8) is 0 Å². The first-order valence-corrected chi connectivity index (χ1v) is 6.29. The maximum atomic E-state index is 11.5. The summed E-state index contributed by atoms with van der Waals surface area (Å²) in [5, 5.41) is 12.2. The molecule has 0 aromatic heterocycles. The van der Waals surface area contributed by atoms with Crippen LogP contribution in [-0.4, -0.2) is 18.1 Å². The molecule has 0 amide bonds. The van der Waals surface area contributed by atoms with Crippen LogP contribution in [0.3, 0.4) is 0 Å². The molecular formula is C15H20N2O2. The van der Waals surface area contributed by atoms with Crippen molar-refractivity contribution in [3.05, 3.63) is 29.3 Å². The molecule has 4 nitrogen and oxygen atoms in total. The first-order valence-electron chi connectivity index (χ1n) is 6.29. The summed E-state index contributed by atoms with van der Waals surface area (Å²) < 4.78 is 5.21. The molecular weight excluding hydrogens is 240 g/mol. The van der Waals surface area contributed by atoms with Crippen LogP contribution in [0, 0.1) is 18.3 Å². The summed E-state index contributed by atoms with van der Waals surface area (Å²) in [7, 11) is 0. The van der Waals surface area contributed by atoms with E-state index in [9.17, 15) is 4.79 Å². The molecule has 0 spiro atoms. The van der Waals surface area contributed by atoms with Gasteiger partial charge in [0.25, 0.3) is 0 Å². The maximum Gasteiger partial charge on any atom is 0.308 e. The van der Waals surface area contributed by atoms with Gasteiger partial charge in [0.2, 0.25) is 0 Å². The fourth-order valence-electron chi connectivity index (χ4n) is 1.66. The summed E-state index contributed by atoms with van der Waals surface area (Å²) in [6.45, 7) is 7.86. The van der Waals surface area contributed by atoms with Gasteiger partial charge in [-0.05, 0) is 39.3 Å². The van der Waals surface area contributed by atoms with Crippen molar-refractivity contribution in [2.45, 2.75) is 39.7 Å². The van der Waals surface area contributed by atoms with E-state index >= 15 is 0 Å². The average molecular weight is 260 g/mol.